The SMILES string of the molecule is Cc1c(C)c(F)c(F)c(-c2ccc3c(c2)C(=C(C#N)C#N)c2cc4c(cc2-3)C(=C(C#N)C#N)c2cc(-c3c(F)c(F)c(F)c(F)c3F)ccc2-4)c1C. The maximum Gasteiger partial charge on any atom is 0.200 e. The molecule has 250 valence electrons. The van der Waals surface area contributed by atoms with Crippen LogP contribution < -0.4 is 0 Å². The van der Waals surface area contributed by atoms with Crippen molar-refractivity contribution in [1.82, 2.24) is 0 Å². The van der Waals surface area contributed by atoms with Gasteiger partial charge in [-0.2, -0.15) is 21.0 Å². The van der Waals surface area contributed by atoms with Crippen molar-refractivity contribution < 1.29 is 30.7 Å². The molecule has 0 saturated heterocycles. The Morgan fingerprint density at radius 2 is 0.750 bits per heavy atom. The minimum atomic E-state index is -2.33. The van der Waals surface area contributed by atoms with Gasteiger partial charge in [-0.1, -0.05) is 24.3 Å². The number of allylic oxidation sites excluding steroid dienone is 2. The summed E-state index contributed by atoms with van der Waals surface area (Å²) in [5.41, 5.74) is 2.09. The number of halogens is 7. The van der Waals surface area contributed by atoms with Gasteiger partial charge in [-0.25, -0.2) is 30.7 Å². The van der Waals surface area contributed by atoms with E-state index in [9.17, 15) is 47.4 Å². The molecular formula is C41H17F7N4. The summed E-state index contributed by atoms with van der Waals surface area (Å²) in [4.78, 5) is 0. The Labute approximate surface area is 291 Å². The molecule has 5 aromatic rings. The number of benzene rings is 5. The van der Waals surface area contributed by atoms with Crippen LogP contribution in [0.4, 0.5) is 30.7 Å². The summed E-state index contributed by atoms with van der Waals surface area (Å²) >= 11 is 0. The van der Waals surface area contributed by atoms with E-state index >= 15 is 4.39 Å². The van der Waals surface area contributed by atoms with E-state index in [1.165, 1.54) is 13.0 Å². The van der Waals surface area contributed by atoms with Crippen molar-refractivity contribution in [2.45, 2.75) is 20.8 Å². The highest BCUT2D eigenvalue weighted by atomic mass is 19.2. The van der Waals surface area contributed by atoms with Crippen LogP contribution in [0.3, 0.4) is 0 Å². The van der Waals surface area contributed by atoms with E-state index in [2.05, 4.69) is 0 Å². The fourth-order valence-corrected chi connectivity index (χ4v) is 7.12. The minimum absolute atomic E-state index is 0.00749. The van der Waals surface area contributed by atoms with Gasteiger partial charge in [-0.05, 0) is 117 Å². The van der Waals surface area contributed by atoms with Gasteiger partial charge in [0.1, 0.15) is 35.4 Å². The number of fused-ring (bicyclic) bond motifs is 6. The Bertz CT molecular complexity index is 2500. The minimum Gasteiger partial charge on any atom is -0.203 e. The molecule has 0 aliphatic heterocycles. The van der Waals surface area contributed by atoms with E-state index in [4.69, 9.17) is 0 Å². The van der Waals surface area contributed by atoms with E-state index < -0.39 is 57.4 Å². The van der Waals surface area contributed by atoms with Gasteiger partial charge in [0.15, 0.2) is 34.9 Å². The summed E-state index contributed by atoms with van der Waals surface area (Å²) in [6.07, 6.45) is 0. The lowest BCUT2D eigenvalue weighted by Gasteiger charge is -2.15. The van der Waals surface area contributed by atoms with Gasteiger partial charge in [0.05, 0.1) is 5.56 Å². The molecule has 0 radical (unpaired) electrons. The lowest BCUT2D eigenvalue weighted by atomic mass is 9.90. The van der Waals surface area contributed by atoms with Crippen LogP contribution >= 0.6 is 0 Å². The standard InChI is InChI=1S/C41H17F7N4/c1-16-17(2)31(36(43)35(42)18(16)3)19-4-6-23-25-10-30-26(11-29(25)32(27(23)8-19)21(12-49)13-50)24-7-5-20(9-28(24)33(30)22(14-51)15-52)34-37(44)39(46)41(48)40(47)38(34)45/h4-11H,1-3H3. The molecule has 11 heteroatoms. The molecule has 5 aromatic carbocycles. The first-order valence-electron chi connectivity index (χ1n) is 15.3. The van der Waals surface area contributed by atoms with E-state index in [-0.39, 0.29) is 39.0 Å². The van der Waals surface area contributed by atoms with Crippen molar-refractivity contribution >= 4 is 11.1 Å². The van der Waals surface area contributed by atoms with Gasteiger partial charge in [-0.15, -0.1) is 0 Å². The second-order valence-electron chi connectivity index (χ2n) is 12.2. The van der Waals surface area contributed by atoms with Crippen LogP contribution in [0, 0.1) is 107 Å². The third kappa shape index (κ3) is 4.43. The van der Waals surface area contributed by atoms with Crippen molar-refractivity contribution in [1.29, 1.82) is 21.0 Å². The highest BCUT2D eigenvalue weighted by molar-refractivity contribution is 6.11. The van der Waals surface area contributed by atoms with Gasteiger partial charge >= 0.3 is 0 Å². The van der Waals surface area contributed by atoms with E-state index in [0.717, 1.165) is 12.1 Å². The molecule has 0 unspecified atom stereocenters. The quantitative estimate of drug-likeness (QED) is 0.0777. The molecular weight excluding hydrogens is 681 g/mol. The highest BCUT2D eigenvalue weighted by Gasteiger charge is 2.35. The Kier molecular flexibility index (Phi) is 7.63. The number of hydrogen-bond acceptors (Lipinski definition) is 4. The molecule has 0 bridgehead atoms. The molecule has 0 heterocycles. The zero-order valence-corrected chi connectivity index (χ0v) is 27.1. The normalized spacial score (nSPS) is 11.9. The summed E-state index contributed by atoms with van der Waals surface area (Å²) in [5, 5.41) is 40.0. The average Bonchev–Trinajstić information content (AvgIpc) is 3.63. The Morgan fingerprint density at radius 1 is 0.385 bits per heavy atom. The predicted molar refractivity (Wildman–Crippen MR) is 177 cm³/mol. The molecule has 0 amide bonds. The summed E-state index contributed by atoms with van der Waals surface area (Å²) in [5.74, 6) is -12.8. The number of hydrogen-bond donors (Lipinski definition) is 0. The highest BCUT2D eigenvalue weighted by Crippen LogP contribution is 2.54. The molecule has 52 heavy (non-hydrogen) atoms. The first-order chi connectivity index (χ1) is 24.8. The lowest BCUT2D eigenvalue weighted by Crippen LogP contribution is -2.04. The van der Waals surface area contributed by atoms with Crippen LogP contribution in [0.25, 0.3) is 55.7 Å². The molecule has 0 fully saturated rings. The van der Waals surface area contributed by atoms with Gasteiger partial charge in [0, 0.05) is 16.7 Å². The summed E-state index contributed by atoms with van der Waals surface area (Å²) < 4.78 is 102. The molecule has 0 N–H and O–H groups in total. The predicted octanol–water partition coefficient (Wildman–Crippen LogP) is 10.6. The third-order valence-electron chi connectivity index (χ3n) is 9.83. The molecule has 0 aromatic heterocycles. The Balaban J connectivity index is 1.50. The second kappa shape index (κ2) is 11.8. The molecule has 2 aliphatic carbocycles. The molecule has 0 spiro atoms. The van der Waals surface area contributed by atoms with Crippen LogP contribution in [0.2, 0.25) is 0 Å². The fraction of sp³-hybridized carbons (Fsp3) is 0.0732. The first-order valence-corrected chi connectivity index (χ1v) is 15.3. The molecule has 4 nitrogen and oxygen atoms in total. The maximum absolute atomic E-state index is 15.5. The second-order valence-corrected chi connectivity index (χ2v) is 12.2. The molecule has 7 rings (SSSR count). The van der Waals surface area contributed by atoms with Crippen molar-refractivity contribution in [3.63, 3.8) is 0 Å². The van der Waals surface area contributed by atoms with Crippen molar-refractivity contribution in [3.8, 4) is 68.8 Å². The number of nitriles is 4. The Hall–Kier alpha value is -6.95. The van der Waals surface area contributed by atoms with Gasteiger partial charge < -0.3 is 0 Å². The maximum atomic E-state index is 15.5. The van der Waals surface area contributed by atoms with E-state index in [1.807, 2.05) is 12.1 Å². The topological polar surface area (TPSA) is 95.2 Å². The Morgan fingerprint density at radius 3 is 1.17 bits per heavy atom. The average molecular weight is 699 g/mol. The van der Waals surface area contributed by atoms with Crippen LogP contribution in [-0.2, 0) is 0 Å². The molecule has 2 aliphatic rings. The van der Waals surface area contributed by atoms with Crippen molar-refractivity contribution in [2.24, 2.45) is 0 Å². The lowest BCUT2D eigenvalue weighted by molar-refractivity contribution is 0.381. The summed E-state index contributed by atoms with van der Waals surface area (Å²) in [6.45, 7) is 4.80. The van der Waals surface area contributed by atoms with Crippen LogP contribution in [0.5, 0.6) is 0 Å². The smallest absolute Gasteiger partial charge is 0.200 e. The third-order valence-corrected chi connectivity index (χ3v) is 9.83. The fourth-order valence-electron chi connectivity index (χ4n) is 7.12. The van der Waals surface area contributed by atoms with Gasteiger partial charge in [0.25, 0.3) is 0 Å². The van der Waals surface area contributed by atoms with Crippen LogP contribution in [0.15, 0.2) is 59.7 Å². The summed E-state index contributed by atoms with van der Waals surface area (Å²) in [7, 11) is 0. The van der Waals surface area contributed by atoms with E-state index in [0.29, 0.717) is 50.1 Å². The zero-order valence-electron chi connectivity index (χ0n) is 27.1. The van der Waals surface area contributed by atoms with Crippen molar-refractivity contribution in [3.05, 3.63) is 139 Å². The zero-order chi connectivity index (χ0) is 37.5. The van der Waals surface area contributed by atoms with E-state index in [1.54, 1.807) is 56.3 Å². The monoisotopic (exact) mass is 698 g/mol. The van der Waals surface area contributed by atoms with Gasteiger partial charge in [-0.3, -0.25) is 0 Å². The summed E-state index contributed by atoms with van der Waals surface area (Å²) in [6, 6.07) is 18.9. The van der Waals surface area contributed by atoms with Gasteiger partial charge in [0.2, 0.25) is 5.82 Å². The van der Waals surface area contributed by atoms with Crippen LogP contribution in [0.1, 0.15) is 38.9 Å². The first kappa shape index (κ1) is 33.5. The van der Waals surface area contributed by atoms with Crippen molar-refractivity contribution in [2.75, 3.05) is 0 Å². The van der Waals surface area contributed by atoms with Crippen LogP contribution in [-0.4, -0.2) is 0 Å². The molecule has 0 saturated carbocycles. The molecule has 0 atom stereocenters. The largest absolute Gasteiger partial charge is 0.203 e. The number of rotatable bonds is 2. The number of nitrogens with zero attached hydrogens (tertiary/aromatic N) is 4.